The number of hydrogen-bond donors (Lipinski definition) is 0. The maximum Gasteiger partial charge on any atom is 0.125 e. The molecule has 3 aromatic rings. The molecule has 4 rings (SSSR count). The highest BCUT2D eigenvalue weighted by atomic mass is 32.1. The van der Waals surface area contributed by atoms with Crippen LogP contribution in [0.2, 0.25) is 0 Å². The van der Waals surface area contributed by atoms with Crippen molar-refractivity contribution in [2.45, 2.75) is 71.3 Å². The predicted molar refractivity (Wildman–Crippen MR) is 120 cm³/mol. The zero-order valence-corrected chi connectivity index (χ0v) is 17.9. The molecule has 0 amide bonds. The average Bonchev–Trinajstić information content (AvgIpc) is 3.27. The lowest BCUT2D eigenvalue weighted by atomic mass is 10.1. The second-order valence-electron chi connectivity index (χ2n) is 7.96. The van der Waals surface area contributed by atoms with Gasteiger partial charge in [-0.1, -0.05) is 56.8 Å². The molecule has 0 unspecified atom stereocenters. The van der Waals surface area contributed by atoms with E-state index in [9.17, 15) is 0 Å². The highest BCUT2D eigenvalue weighted by Crippen LogP contribution is 2.33. The summed E-state index contributed by atoms with van der Waals surface area (Å²) in [6.07, 6.45) is 15.9. The normalized spacial score (nSPS) is 15.2. The van der Waals surface area contributed by atoms with Crippen molar-refractivity contribution < 1.29 is 0 Å². The molecule has 0 radical (unpaired) electrons. The Bertz CT molecular complexity index is 874. The van der Waals surface area contributed by atoms with Crippen molar-refractivity contribution in [3.8, 4) is 10.6 Å². The molecule has 4 nitrogen and oxygen atoms in total. The number of nitrogens with zero attached hydrogens (tertiary/aromatic N) is 4. The van der Waals surface area contributed by atoms with E-state index in [1.54, 1.807) is 0 Å². The van der Waals surface area contributed by atoms with E-state index >= 15 is 0 Å². The Hall–Kier alpha value is -1.88. The van der Waals surface area contributed by atoms with E-state index in [4.69, 9.17) is 4.98 Å². The van der Waals surface area contributed by atoms with Crippen LogP contribution in [-0.4, -0.2) is 27.6 Å². The minimum atomic E-state index is 1.07. The van der Waals surface area contributed by atoms with Crippen LogP contribution in [0.3, 0.4) is 0 Å². The van der Waals surface area contributed by atoms with Gasteiger partial charge in [0.25, 0.3) is 0 Å². The van der Waals surface area contributed by atoms with E-state index in [1.807, 2.05) is 17.7 Å². The molecule has 1 aromatic carbocycles. The molecule has 0 aliphatic carbocycles. The van der Waals surface area contributed by atoms with Crippen molar-refractivity contribution in [3.05, 3.63) is 30.7 Å². The third-order valence-electron chi connectivity index (χ3n) is 5.78. The van der Waals surface area contributed by atoms with Crippen molar-refractivity contribution in [2.24, 2.45) is 0 Å². The number of anilines is 1. The second kappa shape index (κ2) is 9.55. The lowest BCUT2D eigenvalue weighted by molar-refractivity contribution is 0.575. The molecule has 0 N–H and O–H groups in total. The van der Waals surface area contributed by atoms with Crippen LogP contribution in [-0.2, 0) is 6.54 Å². The molecule has 28 heavy (non-hydrogen) atoms. The molecule has 0 saturated carbocycles. The highest BCUT2D eigenvalue weighted by Gasteiger charge is 2.14. The largest absolute Gasteiger partial charge is 0.362 e. The summed E-state index contributed by atoms with van der Waals surface area (Å²) >= 11 is 1.82. The topological polar surface area (TPSA) is 34.0 Å². The summed E-state index contributed by atoms with van der Waals surface area (Å²) in [7, 11) is 0. The maximum atomic E-state index is 4.73. The Balaban J connectivity index is 1.45. The first-order valence-corrected chi connectivity index (χ1v) is 11.8. The quantitative estimate of drug-likeness (QED) is 0.407. The molecule has 0 spiro atoms. The zero-order chi connectivity index (χ0) is 19.2. The van der Waals surface area contributed by atoms with Crippen molar-refractivity contribution in [1.29, 1.82) is 0 Å². The fraction of sp³-hybridized carbons (Fsp3) is 0.565. The summed E-state index contributed by atoms with van der Waals surface area (Å²) in [6, 6.07) is 6.63. The summed E-state index contributed by atoms with van der Waals surface area (Å²) in [4.78, 5) is 11.9. The van der Waals surface area contributed by atoms with Gasteiger partial charge in [0.2, 0.25) is 0 Å². The van der Waals surface area contributed by atoms with Gasteiger partial charge in [0, 0.05) is 25.2 Å². The van der Waals surface area contributed by atoms with Crippen LogP contribution in [0, 0.1) is 0 Å². The van der Waals surface area contributed by atoms with Crippen LogP contribution in [0.5, 0.6) is 0 Å². The van der Waals surface area contributed by atoms with Crippen LogP contribution in [0.25, 0.3) is 21.6 Å². The minimum Gasteiger partial charge on any atom is -0.362 e. The predicted octanol–water partition coefficient (Wildman–Crippen LogP) is 6.51. The number of benzene rings is 1. The maximum absolute atomic E-state index is 4.73. The van der Waals surface area contributed by atoms with Crippen molar-refractivity contribution in [3.63, 3.8) is 0 Å². The second-order valence-corrected chi connectivity index (χ2v) is 8.97. The van der Waals surface area contributed by atoms with Gasteiger partial charge in [0.1, 0.15) is 10.0 Å². The van der Waals surface area contributed by atoms with Gasteiger partial charge in [-0.15, -0.1) is 0 Å². The Kier molecular flexibility index (Phi) is 6.63. The van der Waals surface area contributed by atoms with Gasteiger partial charge in [0.15, 0.2) is 0 Å². The van der Waals surface area contributed by atoms with Crippen LogP contribution in [0.15, 0.2) is 30.7 Å². The number of aromatic nitrogens is 3. The SMILES string of the molecule is CCCCCCCn1cnc2cc(-c3ncc(N4CCCCCC4)s3)ccc21. The van der Waals surface area contributed by atoms with Crippen molar-refractivity contribution >= 4 is 27.4 Å². The van der Waals surface area contributed by atoms with Crippen LogP contribution in [0.4, 0.5) is 5.00 Å². The van der Waals surface area contributed by atoms with Gasteiger partial charge >= 0.3 is 0 Å². The first-order chi connectivity index (χ1) is 13.8. The van der Waals surface area contributed by atoms with E-state index < -0.39 is 0 Å². The monoisotopic (exact) mass is 396 g/mol. The molecule has 0 bridgehead atoms. The number of fused-ring (bicyclic) bond motifs is 1. The van der Waals surface area contributed by atoms with E-state index in [2.05, 4.69) is 45.8 Å². The number of unbranched alkanes of at least 4 members (excludes halogenated alkanes) is 4. The molecule has 0 atom stereocenters. The molecule has 5 heteroatoms. The lowest BCUT2D eigenvalue weighted by Crippen LogP contribution is -2.22. The van der Waals surface area contributed by atoms with Crippen LogP contribution >= 0.6 is 11.3 Å². The van der Waals surface area contributed by atoms with Gasteiger partial charge in [0.05, 0.1) is 23.6 Å². The smallest absolute Gasteiger partial charge is 0.125 e. The van der Waals surface area contributed by atoms with Crippen molar-refractivity contribution in [1.82, 2.24) is 14.5 Å². The average molecular weight is 397 g/mol. The Morgan fingerprint density at radius 1 is 0.964 bits per heavy atom. The molecule has 1 fully saturated rings. The van der Waals surface area contributed by atoms with E-state index in [0.717, 1.165) is 17.1 Å². The van der Waals surface area contributed by atoms with E-state index in [0.29, 0.717) is 0 Å². The molecule has 2 aromatic heterocycles. The lowest BCUT2D eigenvalue weighted by Gasteiger charge is -2.19. The number of rotatable bonds is 8. The molecule has 150 valence electrons. The summed E-state index contributed by atoms with van der Waals surface area (Å²) in [5.74, 6) is 0. The summed E-state index contributed by atoms with van der Waals surface area (Å²) in [5.41, 5.74) is 3.51. The van der Waals surface area contributed by atoms with E-state index in [-0.39, 0.29) is 0 Å². The minimum absolute atomic E-state index is 1.07. The standard InChI is InChI=1S/C23H32N4S/c1-2-3-4-5-10-15-27-18-25-20-16-19(11-12-21(20)27)23-24-17-22(28-23)26-13-8-6-7-9-14-26/h11-12,16-18H,2-10,13-15H2,1H3. The van der Waals surface area contributed by atoms with Gasteiger partial charge in [-0.05, 0) is 37.5 Å². The van der Waals surface area contributed by atoms with Crippen LogP contribution < -0.4 is 4.90 Å². The number of thiazole rings is 1. The Labute approximate surface area is 172 Å². The molecule has 3 heterocycles. The van der Waals surface area contributed by atoms with E-state index in [1.165, 1.54) is 87.0 Å². The van der Waals surface area contributed by atoms with Gasteiger partial charge in [-0.3, -0.25) is 0 Å². The number of imidazole rings is 1. The molecular formula is C23H32N4S. The Morgan fingerprint density at radius 2 is 1.79 bits per heavy atom. The Morgan fingerprint density at radius 3 is 2.61 bits per heavy atom. The van der Waals surface area contributed by atoms with Gasteiger partial charge in [-0.25, -0.2) is 9.97 Å². The number of aryl methyl sites for hydroxylation is 1. The third-order valence-corrected chi connectivity index (χ3v) is 6.89. The summed E-state index contributed by atoms with van der Waals surface area (Å²) in [5, 5.41) is 2.42. The molecule has 1 saturated heterocycles. The first-order valence-electron chi connectivity index (χ1n) is 11.0. The first kappa shape index (κ1) is 19.4. The summed E-state index contributed by atoms with van der Waals surface area (Å²) in [6.45, 7) is 5.67. The number of hydrogen-bond acceptors (Lipinski definition) is 4. The molecular weight excluding hydrogens is 364 g/mol. The van der Waals surface area contributed by atoms with Gasteiger partial charge < -0.3 is 9.47 Å². The third kappa shape index (κ3) is 4.57. The summed E-state index contributed by atoms with van der Waals surface area (Å²) < 4.78 is 2.30. The zero-order valence-electron chi connectivity index (χ0n) is 17.1. The molecule has 1 aliphatic rings. The highest BCUT2D eigenvalue weighted by molar-refractivity contribution is 7.18. The molecule has 1 aliphatic heterocycles. The fourth-order valence-electron chi connectivity index (χ4n) is 4.10. The fourth-order valence-corrected chi connectivity index (χ4v) is 5.06. The van der Waals surface area contributed by atoms with Crippen molar-refractivity contribution in [2.75, 3.05) is 18.0 Å². The van der Waals surface area contributed by atoms with Crippen LogP contribution in [0.1, 0.15) is 64.7 Å². The van der Waals surface area contributed by atoms with Gasteiger partial charge in [-0.2, -0.15) is 0 Å².